The van der Waals surface area contributed by atoms with Crippen LogP contribution < -0.4 is 5.32 Å². The zero-order chi connectivity index (χ0) is 13.1. The van der Waals surface area contributed by atoms with E-state index in [4.69, 9.17) is 4.42 Å². The van der Waals surface area contributed by atoms with Crippen LogP contribution in [-0.2, 0) is 0 Å². The summed E-state index contributed by atoms with van der Waals surface area (Å²) in [5.74, 6) is 2.16. The Kier molecular flexibility index (Phi) is 4.46. The molecule has 0 radical (unpaired) electrons. The quantitative estimate of drug-likeness (QED) is 0.782. The second-order valence-electron chi connectivity index (χ2n) is 5.94. The third kappa shape index (κ3) is 3.59. The van der Waals surface area contributed by atoms with E-state index in [9.17, 15) is 5.11 Å². The summed E-state index contributed by atoms with van der Waals surface area (Å²) in [6.45, 7) is 6.68. The van der Waals surface area contributed by atoms with Crippen molar-refractivity contribution >= 4 is 0 Å². The number of hydrogen-bond acceptors (Lipinski definition) is 3. The van der Waals surface area contributed by atoms with Gasteiger partial charge in [-0.3, -0.25) is 0 Å². The summed E-state index contributed by atoms with van der Waals surface area (Å²) in [6, 6.07) is 4.54. The number of aliphatic hydroxyl groups is 1. The fraction of sp³-hybridized carbons (Fsp3) is 0.733. The lowest BCUT2D eigenvalue weighted by Gasteiger charge is -2.27. The molecule has 1 heterocycles. The molecule has 1 aromatic heterocycles. The molecular weight excluding hydrogens is 226 g/mol. The average Bonchev–Trinajstić information content (AvgIpc) is 2.98. The molecule has 1 saturated carbocycles. The highest BCUT2D eigenvalue weighted by Gasteiger charge is 2.33. The van der Waals surface area contributed by atoms with Crippen molar-refractivity contribution in [2.75, 3.05) is 0 Å². The Morgan fingerprint density at radius 1 is 1.39 bits per heavy atom. The lowest BCUT2D eigenvalue weighted by atomic mass is 9.97. The zero-order valence-corrected chi connectivity index (χ0v) is 11.6. The molecule has 0 saturated heterocycles. The summed E-state index contributed by atoms with van der Waals surface area (Å²) >= 11 is 0. The van der Waals surface area contributed by atoms with E-state index < -0.39 is 6.10 Å². The van der Waals surface area contributed by atoms with E-state index in [1.807, 2.05) is 12.1 Å². The molecule has 1 aromatic rings. The molecule has 102 valence electrons. The van der Waals surface area contributed by atoms with Crippen LogP contribution in [0.5, 0.6) is 0 Å². The first-order valence-electron chi connectivity index (χ1n) is 7.05. The molecule has 2 rings (SSSR count). The van der Waals surface area contributed by atoms with Gasteiger partial charge in [0.1, 0.15) is 11.9 Å². The van der Waals surface area contributed by atoms with E-state index in [0.717, 1.165) is 5.92 Å². The summed E-state index contributed by atoms with van der Waals surface area (Å²) in [7, 11) is 0. The van der Waals surface area contributed by atoms with E-state index in [1.54, 1.807) is 6.26 Å². The van der Waals surface area contributed by atoms with Gasteiger partial charge in [-0.1, -0.05) is 13.8 Å². The molecule has 0 amide bonds. The van der Waals surface area contributed by atoms with Crippen molar-refractivity contribution in [2.45, 2.75) is 58.2 Å². The number of nitrogens with one attached hydrogen (secondary N) is 1. The normalized spacial score (nSPS) is 20.9. The van der Waals surface area contributed by atoms with Gasteiger partial charge in [-0.25, -0.2) is 0 Å². The summed E-state index contributed by atoms with van der Waals surface area (Å²) in [5.41, 5.74) is 0. The maximum Gasteiger partial charge on any atom is 0.132 e. The lowest BCUT2D eigenvalue weighted by molar-refractivity contribution is 0.124. The minimum Gasteiger partial charge on any atom is -0.467 e. The Hall–Kier alpha value is -0.800. The minimum absolute atomic E-state index is 0.304. The molecule has 3 unspecified atom stereocenters. The minimum atomic E-state index is -0.505. The molecule has 0 aliphatic heterocycles. The number of furan rings is 1. The Morgan fingerprint density at radius 2 is 2.11 bits per heavy atom. The highest BCUT2D eigenvalue weighted by Crippen LogP contribution is 2.36. The van der Waals surface area contributed by atoms with Crippen molar-refractivity contribution in [1.82, 2.24) is 5.32 Å². The molecule has 1 fully saturated rings. The number of hydrogen-bond donors (Lipinski definition) is 2. The lowest BCUT2D eigenvalue weighted by Crippen LogP contribution is -2.42. The second kappa shape index (κ2) is 5.89. The highest BCUT2D eigenvalue weighted by atomic mass is 16.4. The molecule has 2 N–H and O–H groups in total. The maximum absolute atomic E-state index is 10.1. The van der Waals surface area contributed by atoms with E-state index >= 15 is 0 Å². The summed E-state index contributed by atoms with van der Waals surface area (Å²) in [5, 5.41) is 13.7. The molecule has 0 aromatic carbocycles. The third-order valence-electron chi connectivity index (χ3n) is 3.77. The number of aliphatic hydroxyl groups excluding tert-OH is 1. The van der Waals surface area contributed by atoms with Crippen molar-refractivity contribution in [3.05, 3.63) is 24.2 Å². The Bertz CT molecular complexity index is 341. The summed E-state index contributed by atoms with van der Waals surface area (Å²) < 4.78 is 5.23. The molecule has 1 aliphatic rings. The Morgan fingerprint density at radius 3 is 2.61 bits per heavy atom. The second-order valence-corrected chi connectivity index (χ2v) is 5.94. The predicted octanol–water partition coefficient (Wildman–Crippen LogP) is 3.12. The first kappa shape index (κ1) is 13.6. The highest BCUT2D eigenvalue weighted by molar-refractivity contribution is 5.02. The Balaban J connectivity index is 1.82. The molecular formula is C15H25NO2. The molecule has 3 heteroatoms. The van der Waals surface area contributed by atoms with Crippen LogP contribution in [-0.4, -0.2) is 17.2 Å². The van der Waals surface area contributed by atoms with Crippen LogP contribution >= 0.6 is 0 Å². The molecule has 1 aliphatic carbocycles. The van der Waals surface area contributed by atoms with Gasteiger partial charge in [-0.05, 0) is 50.2 Å². The predicted molar refractivity (Wildman–Crippen MR) is 72.2 cm³/mol. The maximum atomic E-state index is 10.1. The molecule has 0 bridgehead atoms. The van der Waals surface area contributed by atoms with Crippen LogP contribution in [0.25, 0.3) is 0 Å². The van der Waals surface area contributed by atoms with Crippen LogP contribution in [0.15, 0.2) is 22.8 Å². The van der Waals surface area contributed by atoms with E-state index in [-0.39, 0.29) is 0 Å². The summed E-state index contributed by atoms with van der Waals surface area (Å²) in [4.78, 5) is 0. The van der Waals surface area contributed by atoms with Crippen molar-refractivity contribution in [3.8, 4) is 0 Å². The third-order valence-corrected chi connectivity index (χ3v) is 3.77. The van der Waals surface area contributed by atoms with Crippen LogP contribution in [0, 0.1) is 11.8 Å². The van der Waals surface area contributed by atoms with Gasteiger partial charge in [0.05, 0.1) is 6.26 Å². The van der Waals surface area contributed by atoms with Crippen molar-refractivity contribution < 1.29 is 9.52 Å². The van der Waals surface area contributed by atoms with Crippen molar-refractivity contribution in [1.29, 1.82) is 0 Å². The molecule has 3 nitrogen and oxygen atoms in total. The van der Waals surface area contributed by atoms with Crippen molar-refractivity contribution in [3.63, 3.8) is 0 Å². The van der Waals surface area contributed by atoms with E-state index in [0.29, 0.717) is 30.2 Å². The first-order chi connectivity index (χ1) is 8.58. The molecule has 3 atom stereocenters. The first-order valence-corrected chi connectivity index (χ1v) is 7.05. The van der Waals surface area contributed by atoms with Gasteiger partial charge in [0.15, 0.2) is 0 Å². The number of rotatable bonds is 7. The molecule has 0 spiro atoms. The van der Waals surface area contributed by atoms with Gasteiger partial charge in [-0.15, -0.1) is 0 Å². The van der Waals surface area contributed by atoms with Crippen LogP contribution in [0.4, 0.5) is 0 Å². The fourth-order valence-electron chi connectivity index (χ4n) is 2.66. The van der Waals surface area contributed by atoms with Crippen LogP contribution in [0.2, 0.25) is 0 Å². The van der Waals surface area contributed by atoms with Crippen LogP contribution in [0.1, 0.15) is 51.9 Å². The van der Waals surface area contributed by atoms with Gasteiger partial charge in [0.2, 0.25) is 0 Å². The van der Waals surface area contributed by atoms with Crippen LogP contribution in [0.3, 0.4) is 0 Å². The Labute approximate surface area is 110 Å². The standard InChI is InChI=1S/C15H25NO2/c1-10(2)15(12-6-7-12)16-11(3)9-13(17)14-5-4-8-18-14/h4-5,8,10-13,15-17H,6-7,9H2,1-3H3. The largest absolute Gasteiger partial charge is 0.467 e. The smallest absolute Gasteiger partial charge is 0.132 e. The van der Waals surface area contributed by atoms with E-state index in [1.165, 1.54) is 12.8 Å². The average molecular weight is 251 g/mol. The van der Waals surface area contributed by atoms with Crippen molar-refractivity contribution in [2.24, 2.45) is 11.8 Å². The van der Waals surface area contributed by atoms with Gasteiger partial charge in [0.25, 0.3) is 0 Å². The summed E-state index contributed by atoms with van der Waals surface area (Å²) in [6.07, 6.45) is 4.50. The van der Waals surface area contributed by atoms with Gasteiger partial charge in [-0.2, -0.15) is 0 Å². The van der Waals surface area contributed by atoms with Gasteiger partial charge in [0, 0.05) is 12.1 Å². The monoisotopic (exact) mass is 251 g/mol. The van der Waals surface area contributed by atoms with Gasteiger partial charge < -0.3 is 14.8 Å². The van der Waals surface area contributed by atoms with E-state index in [2.05, 4.69) is 26.1 Å². The SMILES string of the molecule is CC(CC(O)c1ccco1)NC(C(C)C)C1CC1. The van der Waals surface area contributed by atoms with Gasteiger partial charge >= 0.3 is 0 Å². The zero-order valence-electron chi connectivity index (χ0n) is 11.6. The topological polar surface area (TPSA) is 45.4 Å². The fourth-order valence-corrected chi connectivity index (χ4v) is 2.66. The molecule has 18 heavy (non-hydrogen) atoms.